The van der Waals surface area contributed by atoms with E-state index in [0.717, 1.165) is 17.0 Å². The van der Waals surface area contributed by atoms with Gasteiger partial charge in [0, 0.05) is 43.2 Å². The number of H-pyrrole nitrogens is 1. The Labute approximate surface area is 157 Å². The summed E-state index contributed by atoms with van der Waals surface area (Å²) in [6, 6.07) is 17.3. The van der Waals surface area contributed by atoms with E-state index in [9.17, 15) is 9.59 Å². The number of rotatable bonds is 5. The third-order valence-electron chi connectivity index (χ3n) is 4.70. The zero-order chi connectivity index (χ0) is 18.6. The molecule has 136 valence electrons. The van der Waals surface area contributed by atoms with E-state index < -0.39 is 0 Å². The number of nitrogens with zero attached hydrogens (tertiary/aromatic N) is 2. The van der Waals surface area contributed by atoms with Gasteiger partial charge in [-0.3, -0.25) is 9.59 Å². The molecule has 1 unspecified atom stereocenters. The SMILES string of the molecule is O=C(Nc1cccc(-c2ncc[nH]2)c1)C1CC(=O)N(Cc2ccccc2)C1. The first-order valence-electron chi connectivity index (χ1n) is 8.91. The van der Waals surface area contributed by atoms with Gasteiger partial charge < -0.3 is 15.2 Å². The van der Waals surface area contributed by atoms with Crippen LogP contribution in [0.1, 0.15) is 12.0 Å². The maximum Gasteiger partial charge on any atom is 0.229 e. The molecule has 27 heavy (non-hydrogen) atoms. The fourth-order valence-electron chi connectivity index (χ4n) is 3.32. The van der Waals surface area contributed by atoms with Gasteiger partial charge in [0.2, 0.25) is 11.8 Å². The minimum absolute atomic E-state index is 0.0170. The molecule has 1 atom stereocenters. The lowest BCUT2D eigenvalue weighted by Gasteiger charge is -2.16. The second-order valence-corrected chi connectivity index (χ2v) is 6.67. The molecule has 0 radical (unpaired) electrons. The Morgan fingerprint density at radius 2 is 2.04 bits per heavy atom. The van der Waals surface area contributed by atoms with Gasteiger partial charge in [-0.05, 0) is 17.7 Å². The molecule has 0 bridgehead atoms. The third-order valence-corrected chi connectivity index (χ3v) is 4.70. The Bertz CT molecular complexity index is 938. The van der Waals surface area contributed by atoms with E-state index in [1.165, 1.54) is 0 Å². The molecule has 3 aromatic rings. The van der Waals surface area contributed by atoms with Crippen LogP contribution in [0.15, 0.2) is 67.0 Å². The van der Waals surface area contributed by atoms with Crippen LogP contribution in [0.25, 0.3) is 11.4 Å². The zero-order valence-electron chi connectivity index (χ0n) is 14.8. The topological polar surface area (TPSA) is 78.1 Å². The molecule has 1 aromatic heterocycles. The quantitative estimate of drug-likeness (QED) is 0.734. The van der Waals surface area contributed by atoms with Crippen molar-refractivity contribution in [3.63, 3.8) is 0 Å². The van der Waals surface area contributed by atoms with E-state index in [4.69, 9.17) is 0 Å². The molecule has 6 nitrogen and oxygen atoms in total. The predicted molar refractivity (Wildman–Crippen MR) is 103 cm³/mol. The summed E-state index contributed by atoms with van der Waals surface area (Å²) in [4.78, 5) is 34.0. The number of nitrogens with one attached hydrogen (secondary N) is 2. The molecule has 1 saturated heterocycles. The normalized spacial score (nSPS) is 16.5. The van der Waals surface area contributed by atoms with E-state index in [0.29, 0.717) is 18.8 Å². The average Bonchev–Trinajstić information content (AvgIpc) is 3.34. The number of amides is 2. The summed E-state index contributed by atoms with van der Waals surface area (Å²) < 4.78 is 0. The van der Waals surface area contributed by atoms with E-state index in [-0.39, 0.29) is 24.2 Å². The Balaban J connectivity index is 1.40. The summed E-state index contributed by atoms with van der Waals surface area (Å²) in [5.74, 6) is 0.295. The van der Waals surface area contributed by atoms with Crippen molar-refractivity contribution < 1.29 is 9.59 Å². The third kappa shape index (κ3) is 3.89. The molecule has 2 aromatic carbocycles. The van der Waals surface area contributed by atoms with Crippen LogP contribution >= 0.6 is 0 Å². The van der Waals surface area contributed by atoms with Gasteiger partial charge >= 0.3 is 0 Å². The lowest BCUT2D eigenvalue weighted by Crippen LogP contribution is -2.28. The minimum Gasteiger partial charge on any atom is -0.345 e. The number of likely N-dealkylation sites (tertiary alicyclic amines) is 1. The molecule has 0 aliphatic carbocycles. The number of carbonyl (C=O) groups is 2. The number of imidazole rings is 1. The average molecular weight is 360 g/mol. The number of anilines is 1. The molecular weight excluding hydrogens is 340 g/mol. The van der Waals surface area contributed by atoms with E-state index in [2.05, 4.69) is 15.3 Å². The molecule has 1 aliphatic rings. The molecule has 2 heterocycles. The van der Waals surface area contributed by atoms with Crippen LogP contribution < -0.4 is 5.32 Å². The maximum absolute atomic E-state index is 12.6. The predicted octanol–water partition coefficient (Wildman–Crippen LogP) is 3.06. The highest BCUT2D eigenvalue weighted by Gasteiger charge is 2.34. The Morgan fingerprint density at radius 3 is 2.81 bits per heavy atom. The highest BCUT2D eigenvalue weighted by molar-refractivity contribution is 5.97. The van der Waals surface area contributed by atoms with E-state index in [1.54, 1.807) is 17.3 Å². The summed E-state index contributed by atoms with van der Waals surface area (Å²) in [7, 11) is 0. The lowest BCUT2D eigenvalue weighted by molar-refractivity contribution is -0.128. The fourth-order valence-corrected chi connectivity index (χ4v) is 3.32. The molecule has 6 heteroatoms. The molecule has 4 rings (SSSR count). The van der Waals surface area contributed by atoms with Gasteiger partial charge in [0.15, 0.2) is 0 Å². The van der Waals surface area contributed by atoms with Gasteiger partial charge in [-0.2, -0.15) is 0 Å². The number of aromatic nitrogens is 2. The van der Waals surface area contributed by atoms with Crippen molar-refractivity contribution in [1.29, 1.82) is 0 Å². The van der Waals surface area contributed by atoms with Crippen LogP contribution in [0.3, 0.4) is 0 Å². The molecule has 1 aliphatic heterocycles. The van der Waals surface area contributed by atoms with Crippen molar-refractivity contribution in [2.45, 2.75) is 13.0 Å². The minimum atomic E-state index is -0.339. The van der Waals surface area contributed by atoms with E-state index in [1.807, 2.05) is 54.6 Å². The Hall–Kier alpha value is -3.41. The number of carbonyl (C=O) groups excluding carboxylic acids is 2. The summed E-state index contributed by atoms with van der Waals surface area (Å²) >= 11 is 0. The summed E-state index contributed by atoms with van der Waals surface area (Å²) in [5, 5.41) is 2.93. The second kappa shape index (κ2) is 7.45. The van der Waals surface area contributed by atoms with Gasteiger partial charge in [-0.1, -0.05) is 42.5 Å². The standard InChI is InChI=1S/C21H20N4O2/c26-19-12-17(14-25(19)13-15-5-2-1-3-6-15)21(27)24-18-8-4-7-16(11-18)20-22-9-10-23-20/h1-11,17H,12-14H2,(H,22,23)(H,24,27). The number of hydrogen-bond acceptors (Lipinski definition) is 3. The first kappa shape index (κ1) is 17.0. The smallest absolute Gasteiger partial charge is 0.229 e. The fraction of sp³-hybridized carbons (Fsp3) is 0.190. The Kier molecular flexibility index (Phi) is 4.70. The van der Waals surface area contributed by atoms with Crippen LogP contribution in [0.2, 0.25) is 0 Å². The molecule has 2 amide bonds. The monoisotopic (exact) mass is 360 g/mol. The number of aromatic amines is 1. The second-order valence-electron chi connectivity index (χ2n) is 6.67. The summed E-state index contributed by atoms with van der Waals surface area (Å²) in [6.07, 6.45) is 3.69. The molecule has 1 fully saturated rings. The number of benzene rings is 2. The molecular formula is C21H20N4O2. The van der Waals surface area contributed by atoms with Crippen LogP contribution in [0.5, 0.6) is 0 Å². The van der Waals surface area contributed by atoms with Crippen molar-refractivity contribution >= 4 is 17.5 Å². The first-order valence-corrected chi connectivity index (χ1v) is 8.91. The maximum atomic E-state index is 12.6. The highest BCUT2D eigenvalue weighted by atomic mass is 16.2. The van der Waals surface area contributed by atoms with Crippen LogP contribution in [-0.4, -0.2) is 33.2 Å². The van der Waals surface area contributed by atoms with Crippen LogP contribution in [-0.2, 0) is 16.1 Å². The van der Waals surface area contributed by atoms with Gasteiger partial charge in [-0.15, -0.1) is 0 Å². The first-order chi connectivity index (χ1) is 13.2. The summed E-state index contributed by atoms with van der Waals surface area (Å²) in [5.41, 5.74) is 2.66. The Morgan fingerprint density at radius 1 is 1.19 bits per heavy atom. The van der Waals surface area contributed by atoms with E-state index >= 15 is 0 Å². The van der Waals surface area contributed by atoms with Crippen molar-refractivity contribution in [2.24, 2.45) is 5.92 Å². The van der Waals surface area contributed by atoms with Gasteiger partial charge in [0.05, 0.1) is 5.92 Å². The summed E-state index contributed by atoms with van der Waals surface area (Å²) in [6.45, 7) is 0.981. The number of hydrogen-bond donors (Lipinski definition) is 2. The lowest BCUT2D eigenvalue weighted by atomic mass is 10.1. The molecule has 0 spiro atoms. The van der Waals surface area contributed by atoms with Crippen molar-refractivity contribution in [3.05, 3.63) is 72.6 Å². The van der Waals surface area contributed by atoms with Gasteiger partial charge in [0.1, 0.15) is 5.82 Å². The molecule has 2 N–H and O–H groups in total. The van der Waals surface area contributed by atoms with Gasteiger partial charge in [-0.25, -0.2) is 4.98 Å². The van der Waals surface area contributed by atoms with Crippen molar-refractivity contribution in [3.8, 4) is 11.4 Å². The van der Waals surface area contributed by atoms with Gasteiger partial charge in [0.25, 0.3) is 0 Å². The van der Waals surface area contributed by atoms with Crippen LogP contribution in [0.4, 0.5) is 5.69 Å². The largest absolute Gasteiger partial charge is 0.345 e. The van der Waals surface area contributed by atoms with Crippen molar-refractivity contribution in [1.82, 2.24) is 14.9 Å². The van der Waals surface area contributed by atoms with Crippen LogP contribution in [0, 0.1) is 5.92 Å². The zero-order valence-corrected chi connectivity index (χ0v) is 14.8. The van der Waals surface area contributed by atoms with Crippen molar-refractivity contribution in [2.75, 3.05) is 11.9 Å². The highest BCUT2D eigenvalue weighted by Crippen LogP contribution is 2.23. The molecule has 0 saturated carbocycles.